The summed E-state index contributed by atoms with van der Waals surface area (Å²) in [6.07, 6.45) is 4.75. The Balaban J connectivity index is 2.05. The highest BCUT2D eigenvalue weighted by atomic mass is 15.2. The van der Waals surface area contributed by atoms with E-state index >= 15 is 0 Å². The van der Waals surface area contributed by atoms with E-state index in [1.807, 2.05) is 37.6 Å². The minimum absolute atomic E-state index is 0.686. The van der Waals surface area contributed by atoms with Crippen LogP contribution in [-0.4, -0.2) is 27.9 Å². The van der Waals surface area contributed by atoms with Gasteiger partial charge in [0.2, 0.25) is 0 Å². The SMILES string of the molecule is Cn1cc(-c2cc(NCCCN)c3ccccc3n2)cn1. The van der Waals surface area contributed by atoms with Crippen molar-refractivity contribution in [2.24, 2.45) is 12.8 Å². The van der Waals surface area contributed by atoms with Gasteiger partial charge in [0.05, 0.1) is 17.4 Å². The zero-order valence-corrected chi connectivity index (χ0v) is 12.1. The zero-order chi connectivity index (χ0) is 14.7. The molecule has 0 aliphatic rings. The molecule has 0 saturated carbocycles. The third kappa shape index (κ3) is 2.87. The molecule has 3 rings (SSSR count). The van der Waals surface area contributed by atoms with E-state index in [-0.39, 0.29) is 0 Å². The summed E-state index contributed by atoms with van der Waals surface area (Å²) in [4.78, 5) is 4.73. The van der Waals surface area contributed by atoms with Crippen molar-refractivity contribution in [2.75, 3.05) is 18.4 Å². The van der Waals surface area contributed by atoms with Crippen LogP contribution in [0.25, 0.3) is 22.2 Å². The van der Waals surface area contributed by atoms with Crippen LogP contribution in [0.1, 0.15) is 6.42 Å². The fourth-order valence-electron chi connectivity index (χ4n) is 2.35. The third-order valence-electron chi connectivity index (χ3n) is 3.41. The Kier molecular flexibility index (Phi) is 3.83. The Hall–Kier alpha value is -2.40. The molecule has 3 aromatic rings. The molecule has 0 fully saturated rings. The number of nitrogens with two attached hydrogens (primary N) is 1. The van der Waals surface area contributed by atoms with Crippen molar-refractivity contribution in [3.8, 4) is 11.3 Å². The Morgan fingerprint density at radius 1 is 1.29 bits per heavy atom. The van der Waals surface area contributed by atoms with E-state index < -0.39 is 0 Å². The molecule has 2 aromatic heterocycles. The van der Waals surface area contributed by atoms with E-state index in [4.69, 9.17) is 10.7 Å². The average Bonchev–Trinajstić information content (AvgIpc) is 2.94. The summed E-state index contributed by atoms with van der Waals surface area (Å²) in [6.45, 7) is 1.54. The number of nitrogens with one attached hydrogen (secondary N) is 1. The molecule has 0 unspecified atom stereocenters. The summed E-state index contributed by atoms with van der Waals surface area (Å²) in [6, 6.07) is 10.2. The largest absolute Gasteiger partial charge is 0.384 e. The Labute approximate surface area is 123 Å². The van der Waals surface area contributed by atoms with Gasteiger partial charge in [-0.15, -0.1) is 0 Å². The quantitative estimate of drug-likeness (QED) is 0.705. The lowest BCUT2D eigenvalue weighted by Gasteiger charge is -2.11. The molecule has 3 N–H and O–H groups in total. The molecule has 1 aromatic carbocycles. The molecular weight excluding hydrogens is 262 g/mol. The van der Waals surface area contributed by atoms with E-state index in [9.17, 15) is 0 Å². The van der Waals surface area contributed by atoms with Crippen LogP contribution < -0.4 is 11.1 Å². The predicted octanol–water partition coefficient (Wildman–Crippen LogP) is 2.40. The molecule has 5 nitrogen and oxygen atoms in total. The second kappa shape index (κ2) is 5.93. The van der Waals surface area contributed by atoms with Gasteiger partial charge >= 0.3 is 0 Å². The molecule has 0 spiro atoms. The minimum atomic E-state index is 0.686. The number of anilines is 1. The predicted molar refractivity (Wildman–Crippen MR) is 86.1 cm³/mol. The van der Waals surface area contributed by atoms with Crippen molar-refractivity contribution in [2.45, 2.75) is 6.42 Å². The summed E-state index contributed by atoms with van der Waals surface area (Å²) in [5, 5.41) is 8.80. The van der Waals surface area contributed by atoms with Gasteiger partial charge in [-0.05, 0) is 25.1 Å². The van der Waals surface area contributed by atoms with Gasteiger partial charge in [-0.3, -0.25) is 4.68 Å². The van der Waals surface area contributed by atoms with E-state index in [1.165, 1.54) is 0 Å². The first-order valence-corrected chi connectivity index (χ1v) is 7.10. The van der Waals surface area contributed by atoms with Gasteiger partial charge in [-0.1, -0.05) is 18.2 Å². The van der Waals surface area contributed by atoms with E-state index in [0.717, 1.165) is 40.8 Å². The number of aromatic nitrogens is 3. The Morgan fingerprint density at radius 2 is 2.14 bits per heavy atom. The molecule has 0 bridgehead atoms. The summed E-state index contributed by atoms with van der Waals surface area (Å²) in [5.41, 5.74) is 9.58. The first kappa shape index (κ1) is 13.6. The number of rotatable bonds is 5. The number of hydrogen-bond donors (Lipinski definition) is 2. The normalized spacial score (nSPS) is 11.0. The van der Waals surface area contributed by atoms with Crippen LogP contribution in [0.5, 0.6) is 0 Å². The van der Waals surface area contributed by atoms with Crippen molar-refractivity contribution < 1.29 is 0 Å². The number of para-hydroxylation sites is 1. The third-order valence-corrected chi connectivity index (χ3v) is 3.41. The highest BCUT2D eigenvalue weighted by molar-refractivity contribution is 5.93. The van der Waals surface area contributed by atoms with Gasteiger partial charge < -0.3 is 11.1 Å². The molecule has 2 heterocycles. The standard InChI is InChI=1S/C16H19N5/c1-21-11-12(10-19-21)15-9-16(18-8-4-7-17)13-5-2-3-6-14(13)20-15/h2-3,5-6,9-11H,4,7-8,17H2,1H3,(H,18,20). The highest BCUT2D eigenvalue weighted by Gasteiger charge is 2.08. The molecule has 0 amide bonds. The van der Waals surface area contributed by atoms with E-state index in [0.29, 0.717) is 6.54 Å². The van der Waals surface area contributed by atoms with Gasteiger partial charge in [-0.2, -0.15) is 5.10 Å². The number of nitrogens with zero attached hydrogens (tertiary/aromatic N) is 3. The number of pyridine rings is 1. The maximum absolute atomic E-state index is 5.57. The first-order chi connectivity index (χ1) is 10.3. The van der Waals surface area contributed by atoms with Crippen LogP contribution >= 0.6 is 0 Å². The second-order valence-electron chi connectivity index (χ2n) is 5.04. The van der Waals surface area contributed by atoms with Gasteiger partial charge in [0, 0.05) is 36.4 Å². The molecule has 0 aliphatic heterocycles. The zero-order valence-electron chi connectivity index (χ0n) is 12.1. The fourth-order valence-corrected chi connectivity index (χ4v) is 2.35. The van der Waals surface area contributed by atoms with Crippen molar-refractivity contribution in [3.05, 3.63) is 42.7 Å². The number of fused-ring (bicyclic) bond motifs is 1. The molecule has 0 radical (unpaired) electrons. The minimum Gasteiger partial charge on any atom is -0.384 e. The van der Waals surface area contributed by atoms with Crippen molar-refractivity contribution in [1.29, 1.82) is 0 Å². The molecule has 108 valence electrons. The monoisotopic (exact) mass is 281 g/mol. The van der Waals surface area contributed by atoms with Crippen molar-refractivity contribution in [1.82, 2.24) is 14.8 Å². The van der Waals surface area contributed by atoms with Crippen LogP contribution in [0, 0.1) is 0 Å². The highest BCUT2D eigenvalue weighted by Crippen LogP contribution is 2.27. The summed E-state index contributed by atoms with van der Waals surface area (Å²) in [7, 11) is 1.91. The summed E-state index contributed by atoms with van der Waals surface area (Å²) >= 11 is 0. The molecule has 5 heteroatoms. The Bertz CT molecular complexity index is 747. The van der Waals surface area contributed by atoms with E-state index in [1.54, 1.807) is 4.68 Å². The lowest BCUT2D eigenvalue weighted by molar-refractivity contribution is 0.768. The summed E-state index contributed by atoms with van der Waals surface area (Å²) < 4.78 is 1.79. The van der Waals surface area contributed by atoms with Crippen molar-refractivity contribution >= 4 is 16.6 Å². The number of aryl methyl sites for hydroxylation is 1. The molecular formula is C16H19N5. The average molecular weight is 281 g/mol. The topological polar surface area (TPSA) is 68.8 Å². The maximum atomic E-state index is 5.57. The van der Waals surface area contributed by atoms with Gasteiger partial charge in [-0.25, -0.2) is 4.98 Å². The van der Waals surface area contributed by atoms with Crippen molar-refractivity contribution in [3.63, 3.8) is 0 Å². The molecule has 0 saturated heterocycles. The summed E-state index contributed by atoms with van der Waals surface area (Å²) in [5.74, 6) is 0. The lowest BCUT2D eigenvalue weighted by atomic mass is 10.1. The van der Waals surface area contributed by atoms with Crippen LogP contribution in [0.3, 0.4) is 0 Å². The van der Waals surface area contributed by atoms with Gasteiger partial charge in [0.15, 0.2) is 0 Å². The maximum Gasteiger partial charge on any atom is 0.0761 e. The number of benzene rings is 1. The Morgan fingerprint density at radius 3 is 2.90 bits per heavy atom. The second-order valence-corrected chi connectivity index (χ2v) is 5.04. The lowest BCUT2D eigenvalue weighted by Crippen LogP contribution is -2.09. The van der Waals surface area contributed by atoms with Crippen LogP contribution in [-0.2, 0) is 7.05 Å². The van der Waals surface area contributed by atoms with Gasteiger partial charge in [0.1, 0.15) is 0 Å². The molecule has 21 heavy (non-hydrogen) atoms. The van der Waals surface area contributed by atoms with Crippen LogP contribution in [0.4, 0.5) is 5.69 Å². The first-order valence-electron chi connectivity index (χ1n) is 7.10. The molecule has 0 atom stereocenters. The van der Waals surface area contributed by atoms with Crippen LogP contribution in [0.15, 0.2) is 42.7 Å². The fraction of sp³-hybridized carbons (Fsp3) is 0.250. The van der Waals surface area contributed by atoms with Gasteiger partial charge in [0.25, 0.3) is 0 Å². The smallest absolute Gasteiger partial charge is 0.0761 e. The molecule has 0 aliphatic carbocycles. The van der Waals surface area contributed by atoms with Crippen LogP contribution in [0.2, 0.25) is 0 Å². The number of hydrogen-bond acceptors (Lipinski definition) is 4. The van der Waals surface area contributed by atoms with E-state index in [2.05, 4.69) is 22.5 Å².